The quantitative estimate of drug-likeness (QED) is 0.778. The highest BCUT2D eigenvalue weighted by atomic mass is 19.3. The first-order valence-corrected chi connectivity index (χ1v) is 4.67. The third kappa shape index (κ3) is 4.23. The molecule has 1 unspecified atom stereocenters. The molecular formula is C9H11F4N3O. The lowest BCUT2D eigenvalue weighted by molar-refractivity contribution is -0.166. The number of nitrogens with zero attached hydrogens (tertiary/aromatic N) is 2. The number of halogens is 4. The van der Waals surface area contributed by atoms with Gasteiger partial charge in [0.1, 0.15) is 12.9 Å². The van der Waals surface area contributed by atoms with Crippen molar-refractivity contribution in [3.05, 3.63) is 24.3 Å². The van der Waals surface area contributed by atoms with Crippen molar-refractivity contribution in [2.75, 3.05) is 13.2 Å². The first-order chi connectivity index (χ1) is 7.93. The number of ether oxygens (including phenoxy) is 1. The topological polar surface area (TPSA) is 61.0 Å². The highest BCUT2D eigenvalue weighted by Gasteiger charge is 2.41. The number of alkyl halides is 4. The molecule has 0 aliphatic heterocycles. The molecule has 0 saturated carbocycles. The molecule has 0 spiro atoms. The third-order valence-corrected chi connectivity index (χ3v) is 1.92. The summed E-state index contributed by atoms with van der Waals surface area (Å²) in [5.74, 6) is -4.16. The summed E-state index contributed by atoms with van der Waals surface area (Å²) in [5.41, 5.74) is 6.04. The summed E-state index contributed by atoms with van der Waals surface area (Å²) in [5, 5.41) is 0. The Hall–Kier alpha value is -1.28. The lowest BCUT2D eigenvalue weighted by Gasteiger charge is -2.17. The van der Waals surface area contributed by atoms with E-state index in [-0.39, 0.29) is 6.61 Å². The van der Waals surface area contributed by atoms with Crippen LogP contribution in [0.25, 0.3) is 0 Å². The van der Waals surface area contributed by atoms with Gasteiger partial charge in [0.25, 0.3) is 0 Å². The van der Waals surface area contributed by atoms with Crippen molar-refractivity contribution in [1.82, 2.24) is 9.97 Å². The molecule has 17 heavy (non-hydrogen) atoms. The van der Waals surface area contributed by atoms with Crippen LogP contribution in [0.5, 0.6) is 0 Å². The van der Waals surface area contributed by atoms with Crippen molar-refractivity contribution in [3.63, 3.8) is 0 Å². The summed E-state index contributed by atoms with van der Waals surface area (Å²) in [6.45, 7) is -1.68. The van der Waals surface area contributed by atoms with Crippen LogP contribution in [0.2, 0.25) is 0 Å². The standard InChI is InChI=1S/C9H11F4N3O/c10-8(11)9(12,13)4-17-3-7(14)6-1-15-5-16-2-6/h1-2,5,7-8H,3-4,14H2. The van der Waals surface area contributed by atoms with Crippen LogP contribution in [0.15, 0.2) is 18.7 Å². The molecule has 0 amide bonds. The Bertz CT molecular complexity index is 336. The van der Waals surface area contributed by atoms with Crippen molar-refractivity contribution in [2.45, 2.75) is 18.4 Å². The van der Waals surface area contributed by atoms with Gasteiger partial charge in [0.15, 0.2) is 0 Å². The molecule has 1 aromatic rings. The number of hydrogen-bond donors (Lipinski definition) is 1. The Balaban J connectivity index is 2.37. The Kier molecular flexibility index (Phi) is 4.76. The number of hydrogen-bond acceptors (Lipinski definition) is 4. The SMILES string of the molecule is NC(COCC(F)(F)C(F)F)c1cncnc1. The van der Waals surface area contributed by atoms with Gasteiger partial charge in [-0.15, -0.1) is 0 Å². The predicted octanol–water partition coefficient (Wildman–Crippen LogP) is 1.39. The fourth-order valence-corrected chi connectivity index (χ4v) is 0.983. The highest BCUT2D eigenvalue weighted by molar-refractivity contribution is 5.08. The molecule has 0 aliphatic carbocycles. The van der Waals surface area contributed by atoms with Gasteiger partial charge >= 0.3 is 12.3 Å². The second-order valence-corrected chi connectivity index (χ2v) is 3.36. The molecular weight excluding hydrogens is 242 g/mol. The zero-order valence-corrected chi connectivity index (χ0v) is 8.69. The van der Waals surface area contributed by atoms with Gasteiger partial charge in [-0.2, -0.15) is 8.78 Å². The maximum absolute atomic E-state index is 12.5. The van der Waals surface area contributed by atoms with Crippen LogP contribution in [-0.4, -0.2) is 35.5 Å². The van der Waals surface area contributed by atoms with Gasteiger partial charge in [0, 0.05) is 18.0 Å². The van der Waals surface area contributed by atoms with Crippen LogP contribution >= 0.6 is 0 Å². The predicted molar refractivity (Wildman–Crippen MR) is 50.7 cm³/mol. The maximum Gasteiger partial charge on any atom is 0.330 e. The Labute approximate surface area is 94.8 Å². The Morgan fingerprint density at radius 2 is 1.88 bits per heavy atom. The molecule has 2 N–H and O–H groups in total. The van der Waals surface area contributed by atoms with E-state index in [2.05, 4.69) is 14.7 Å². The van der Waals surface area contributed by atoms with E-state index < -0.39 is 25.0 Å². The van der Waals surface area contributed by atoms with E-state index in [1.54, 1.807) is 0 Å². The van der Waals surface area contributed by atoms with Crippen LogP contribution in [0.3, 0.4) is 0 Å². The monoisotopic (exact) mass is 253 g/mol. The third-order valence-electron chi connectivity index (χ3n) is 1.92. The summed E-state index contributed by atoms with van der Waals surface area (Å²) in [6.07, 6.45) is 0.319. The minimum atomic E-state index is -4.16. The molecule has 0 bridgehead atoms. The van der Waals surface area contributed by atoms with Crippen molar-refractivity contribution < 1.29 is 22.3 Å². The molecule has 1 atom stereocenters. The molecule has 96 valence electrons. The van der Waals surface area contributed by atoms with E-state index in [0.29, 0.717) is 5.56 Å². The van der Waals surface area contributed by atoms with E-state index in [9.17, 15) is 17.6 Å². The van der Waals surface area contributed by atoms with Gasteiger partial charge < -0.3 is 10.5 Å². The minimum absolute atomic E-state index is 0.310. The zero-order chi connectivity index (χ0) is 12.9. The van der Waals surface area contributed by atoms with Crippen LogP contribution < -0.4 is 5.73 Å². The molecule has 0 saturated heterocycles. The summed E-state index contributed by atoms with van der Waals surface area (Å²) in [6, 6.07) is -0.732. The maximum atomic E-state index is 12.5. The Morgan fingerprint density at radius 1 is 1.29 bits per heavy atom. The van der Waals surface area contributed by atoms with E-state index in [4.69, 9.17) is 5.73 Å². The Morgan fingerprint density at radius 3 is 2.41 bits per heavy atom. The normalized spacial score (nSPS) is 14.0. The van der Waals surface area contributed by atoms with Crippen LogP contribution in [0, 0.1) is 0 Å². The molecule has 0 fully saturated rings. The number of aromatic nitrogens is 2. The second-order valence-electron chi connectivity index (χ2n) is 3.36. The van der Waals surface area contributed by atoms with Gasteiger partial charge in [0.2, 0.25) is 0 Å². The largest absolute Gasteiger partial charge is 0.373 e. The van der Waals surface area contributed by atoms with Gasteiger partial charge in [-0.3, -0.25) is 0 Å². The molecule has 0 aliphatic rings. The van der Waals surface area contributed by atoms with Crippen LogP contribution in [-0.2, 0) is 4.74 Å². The van der Waals surface area contributed by atoms with Gasteiger partial charge in [-0.1, -0.05) is 0 Å². The summed E-state index contributed by atoms with van der Waals surface area (Å²) in [7, 11) is 0. The molecule has 1 rings (SSSR count). The van der Waals surface area contributed by atoms with Crippen LogP contribution in [0.4, 0.5) is 17.6 Å². The first kappa shape index (κ1) is 13.8. The summed E-state index contributed by atoms with van der Waals surface area (Å²) < 4.78 is 52.9. The van der Waals surface area contributed by atoms with Crippen molar-refractivity contribution >= 4 is 0 Å². The van der Waals surface area contributed by atoms with Gasteiger partial charge in [-0.05, 0) is 0 Å². The molecule has 1 aromatic heterocycles. The van der Waals surface area contributed by atoms with E-state index >= 15 is 0 Å². The smallest absolute Gasteiger partial charge is 0.330 e. The average molecular weight is 253 g/mol. The molecule has 0 aromatic carbocycles. The average Bonchev–Trinajstić information content (AvgIpc) is 2.29. The van der Waals surface area contributed by atoms with Gasteiger partial charge in [-0.25, -0.2) is 18.7 Å². The van der Waals surface area contributed by atoms with E-state index in [1.165, 1.54) is 18.7 Å². The molecule has 1 heterocycles. The minimum Gasteiger partial charge on any atom is -0.373 e. The highest BCUT2D eigenvalue weighted by Crippen LogP contribution is 2.23. The zero-order valence-electron chi connectivity index (χ0n) is 8.69. The summed E-state index contributed by atoms with van der Waals surface area (Å²) >= 11 is 0. The van der Waals surface area contributed by atoms with Gasteiger partial charge in [0.05, 0.1) is 12.6 Å². The number of rotatable bonds is 6. The molecule has 0 radical (unpaired) electrons. The van der Waals surface area contributed by atoms with Crippen molar-refractivity contribution in [2.24, 2.45) is 5.73 Å². The fraction of sp³-hybridized carbons (Fsp3) is 0.556. The van der Waals surface area contributed by atoms with Crippen molar-refractivity contribution in [1.29, 1.82) is 0 Å². The lowest BCUT2D eigenvalue weighted by atomic mass is 10.2. The van der Waals surface area contributed by atoms with E-state index in [1.807, 2.05) is 0 Å². The lowest BCUT2D eigenvalue weighted by Crippen LogP contribution is -2.33. The first-order valence-electron chi connectivity index (χ1n) is 4.67. The second kappa shape index (κ2) is 5.87. The number of nitrogens with two attached hydrogens (primary N) is 1. The van der Waals surface area contributed by atoms with Crippen LogP contribution in [0.1, 0.15) is 11.6 Å². The van der Waals surface area contributed by atoms with E-state index in [0.717, 1.165) is 0 Å². The summed E-state index contributed by atoms with van der Waals surface area (Å²) in [4.78, 5) is 7.35. The van der Waals surface area contributed by atoms with Crippen molar-refractivity contribution in [3.8, 4) is 0 Å². The molecule has 4 nitrogen and oxygen atoms in total. The molecule has 8 heteroatoms. The fourth-order valence-electron chi connectivity index (χ4n) is 0.983.